The van der Waals surface area contributed by atoms with Gasteiger partial charge in [0, 0.05) is 31.3 Å². The summed E-state index contributed by atoms with van der Waals surface area (Å²) in [5.41, 5.74) is 2.16. The third-order valence-electron chi connectivity index (χ3n) is 3.80. The number of rotatable bonds is 7. The van der Waals surface area contributed by atoms with Crippen molar-refractivity contribution in [1.82, 2.24) is 5.32 Å². The second-order valence-corrected chi connectivity index (χ2v) is 5.62. The highest BCUT2D eigenvalue weighted by Gasteiger charge is 2.11. The highest BCUT2D eigenvalue weighted by Crippen LogP contribution is 2.32. The zero-order chi connectivity index (χ0) is 16.6. The van der Waals surface area contributed by atoms with E-state index in [4.69, 9.17) is 9.47 Å². The van der Waals surface area contributed by atoms with Crippen molar-refractivity contribution in [2.75, 3.05) is 31.6 Å². The molecule has 0 aliphatic carbocycles. The maximum absolute atomic E-state index is 11.9. The number of benzene rings is 2. The summed E-state index contributed by atoms with van der Waals surface area (Å²) in [5.74, 6) is 1.57. The number of ether oxygens (including phenoxy) is 2. The molecular formula is C19H22N2O3. The van der Waals surface area contributed by atoms with Gasteiger partial charge in [-0.15, -0.1) is 0 Å². The SMILES string of the molecule is O=C(CCNc1ccc2c(c1)OCCO2)NCCc1ccccc1. The van der Waals surface area contributed by atoms with Crippen LogP contribution in [0.3, 0.4) is 0 Å². The molecule has 0 radical (unpaired) electrons. The number of hydrogen-bond donors (Lipinski definition) is 2. The van der Waals surface area contributed by atoms with E-state index in [0.717, 1.165) is 23.6 Å². The fourth-order valence-electron chi connectivity index (χ4n) is 2.55. The molecule has 0 spiro atoms. The first-order valence-corrected chi connectivity index (χ1v) is 8.25. The van der Waals surface area contributed by atoms with Gasteiger partial charge >= 0.3 is 0 Å². The number of amides is 1. The van der Waals surface area contributed by atoms with Crippen molar-refractivity contribution in [1.29, 1.82) is 0 Å². The third-order valence-corrected chi connectivity index (χ3v) is 3.80. The summed E-state index contributed by atoms with van der Waals surface area (Å²) in [7, 11) is 0. The average molecular weight is 326 g/mol. The molecule has 0 atom stereocenters. The van der Waals surface area contributed by atoms with Gasteiger partial charge in [0.2, 0.25) is 5.91 Å². The van der Waals surface area contributed by atoms with Gasteiger partial charge in [0.25, 0.3) is 0 Å². The Kier molecular flexibility index (Phi) is 5.56. The number of hydrogen-bond acceptors (Lipinski definition) is 4. The molecule has 0 saturated carbocycles. The second kappa shape index (κ2) is 8.24. The van der Waals surface area contributed by atoms with E-state index >= 15 is 0 Å². The average Bonchev–Trinajstić information content (AvgIpc) is 2.62. The van der Waals surface area contributed by atoms with Gasteiger partial charge in [-0.05, 0) is 24.1 Å². The maximum Gasteiger partial charge on any atom is 0.221 e. The lowest BCUT2D eigenvalue weighted by Crippen LogP contribution is -2.27. The van der Waals surface area contributed by atoms with E-state index in [-0.39, 0.29) is 5.91 Å². The Morgan fingerprint density at radius 3 is 2.58 bits per heavy atom. The fourth-order valence-corrected chi connectivity index (χ4v) is 2.55. The van der Waals surface area contributed by atoms with Gasteiger partial charge in [0.15, 0.2) is 11.5 Å². The molecule has 1 heterocycles. The van der Waals surface area contributed by atoms with E-state index in [1.54, 1.807) is 0 Å². The van der Waals surface area contributed by atoms with Crippen LogP contribution in [0.5, 0.6) is 11.5 Å². The van der Waals surface area contributed by atoms with Crippen LogP contribution < -0.4 is 20.1 Å². The van der Waals surface area contributed by atoms with Crippen molar-refractivity contribution < 1.29 is 14.3 Å². The van der Waals surface area contributed by atoms with E-state index in [2.05, 4.69) is 22.8 Å². The quantitative estimate of drug-likeness (QED) is 0.821. The molecule has 1 aliphatic heterocycles. The second-order valence-electron chi connectivity index (χ2n) is 5.62. The lowest BCUT2D eigenvalue weighted by molar-refractivity contribution is -0.120. The standard InChI is InChI=1S/C19H22N2O3/c22-19(21-10-8-15-4-2-1-3-5-15)9-11-20-16-6-7-17-18(14-16)24-13-12-23-17/h1-7,14,20H,8-13H2,(H,21,22). The molecule has 126 valence electrons. The lowest BCUT2D eigenvalue weighted by atomic mass is 10.1. The molecule has 5 nitrogen and oxygen atoms in total. The van der Waals surface area contributed by atoms with Gasteiger partial charge in [-0.25, -0.2) is 0 Å². The fraction of sp³-hybridized carbons (Fsp3) is 0.316. The first kappa shape index (κ1) is 16.2. The molecule has 0 aromatic heterocycles. The largest absolute Gasteiger partial charge is 0.486 e. The maximum atomic E-state index is 11.9. The zero-order valence-electron chi connectivity index (χ0n) is 13.6. The van der Waals surface area contributed by atoms with Gasteiger partial charge in [0.05, 0.1) is 0 Å². The van der Waals surface area contributed by atoms with Crippen molar-refractivity contribution in [2.24, 2.45) is 0 Å². The van der Waals surface area contributed by atoms with Crippen molar-refractivity contribution in [3.63, 3.8) is 0 Å². The summed E-state index contributed by atoms with van der Waals surface area (Å²) in [6.07, 6.45) is 1.28. The summed E-state index contributed by atoms with van der Waals surface area (Å²) in [6.45, 7) is 2.40. The summed E-state index contributed by atoms with van der Waals surface area (Å²) in [6, 6.07) is 15.9. The molecule has 2 aromatic carbocycles. The molecule has 0 bridgehead atoms. The van der Waals surface area contributed by atoms with Crippen molar-refractivity contribution in [2.45, 2.75) is 12.8 Å². The molecule has 5 heteroatoms. The highest BCUT2D eigenvalue weighted by atomic mass is 16.6. The Hall–Kier alpha value is -2.69. The number of nitrogens with one attached hydrogen (secondary N) is 2. The molecule has 1 amide bonds. The first-order valence-electron chi connectivity index (χ1n) is 8.25. The lowest BCUT2D eigenvalue weighted by Gasteiger charge is -2.19. The van der Waals surface area contributed by atoms with Gasteiger partial charge in [-0.2, -0.15) is 0 Å². The summed E-state index contributed by atoms with van der Waals surface area (Å²) in [4.78, 5) is 11.9. The highest BCUT2D eigenvalue weighted by molar-refractivity contribution is 5.76. The molecule has 2 aromatic rings. The predicted octanol–water partition coefficient (Wildman–Crippen LogP) is 2.62. The Morgan fingerprint density at radius 1 is 0.958 bits per heavy atom. The van der Waals surface area contributed by atoms with E-state index in [9.17, 15) is 4.79 Å². The molecule has 3 rings (SSSR count). The van der Waals surface area contributed by atoms with E-state index in [0.29, 0.717) is 32.7 Å². The van der Waals surface area contributed by atoms with Crippen molar-refractivity contribution >= 4 is 11.6 Å². The van der Waals surface area contributed by atoms with Crippen molar-refractivity contribution in [3.05, 3.63) is 54.1 Å². The Balaban J connectivity index is 1.36. The first-order chi connectivity index (χ1) is 11.8. The van der Waals surface area contributed by atoms with Crippen LogP contribution in [0, 0.1) is 0 Å². The molecule has 1 aliphatic rings. The minimum Gasteiger partial charge on any atom is -0.486 e. The van der Waals surface area contributed by atoms with E-state index in [1.807, 2.05) is 36.4 Å². The molecule has 0 saturated heterocycles. The minimum absolute atomic E-state index is 0.0518. The van der Waals surface area contributed by atoms with Crippen LogP contribution in [0.4, 0.5) is 5.69 Å². The van der Waals surface area contributed by atoms with Crippen LogP contribution in [0.15, 0.2) is 48.5 Å². The van der Waals surface area contributed by atoms with E-state index in [1.165, 1.54) is 5.56 Å². The normalized spacial score (nSPS) is 12.5. The molecule has 24 heavy (non-hydrogen) atoms. The zero-order valence-corrected chi connectivity index (χ0v) is 13.6. The predicted molar refractivity (Wildman–Crippen MR) is 93.7 cm³/mol. The van der Waals surface area contributed by atoms with Crippen LogP contribution in [0.25, 0.3) is 0 Å². The monoisotopic (exact) mass is 326 g/mol. The molecule has 2 N–H and O–H groups in total. The van der Waals surface area contributed by atoms with Gasteiger partial charge in [-0.3, -0.25) is 4.79 Å². The molecule has 0 unspecified atom stereocenters. The Bertz CT molecular complexity index is 674. The number of anilines is 1. The van der Waals surface area contributed by atoms with Gasteiger partial charge in [-0.1, -0.05) is 30.3 Å². The van der Waals surface area contributed by atoms with Crippen LogP contribution in [0.2, 0.25) is 0 Å². The number of fused-ring (bicyclic) bond motifs is 1. The van der Waals surface area contributed by atoms with Crippen molar-refractivity contribution in [3.8, 4) is 11.5 Å². The van der Waals surface area contributed by atoms with E-state index < -0.39 is 0 Å². The molecular weight excluding hydrogens is 304 g/mol. The summed E-state index contributed by atoms with van der Waals surface area (Å²) < 4.78 is 11.0. The molecule has 0 fully saturated rings. The van der Waals surface area contributed by atoms with Crippen LogP contribution in [-0.2, 0) is 11.2 Å². The number of carbonyl (C=O) groups excluding carboxylic acids is 1. The summed E-state index contributed by atoms with van der Waals surface area (Å²) >= 11 is 0. The van der Waals surface area contributed by atoms with Crippen LogP contribution >= 0.6 is 0 Å². The van der Waals surface area contributed by atoms with Gasteiger partial charge < -0.3 is 20.1 Å². The smallest absolute Gasteiger partial charge is 0.221 e. The topological polar surface area (TPSA) is 59.6 Å². The van der Waals surface area contributed by atoms with Gasteiger partial charge in [0.1, 0.15) is 13.2 Å². The van der Waals surface area contributed by atoms with Crippen LogP contribution in [-0.4, -0.2) is 32.2 Å². The minimum atomic E-state index is 0.0518. The summed E-state index contributed by atoms with van der Waals surface area (Å²) in [5, 5.41) is 6.18. The number of carbonyl (C=O) groups is 1. The Morgan fingerprint density at radius 2 is 1.75 bits per heavy atom. The Labute approximate surface area is 142 Å². The van der Waals surface area contributed by atoms with Crippen LogP contribution in [0.1, 0.15) is 12.0 Å². The third kappa shape index (κ3) is 4.65.